The second kappa shape index (κ2) is 8.00. The molecule has 0 radical (unpaired) electrons. The van der Waals surface area contributed by atoms with Gasteiger partial charge in [0.15, 0.2) is 6.10 Å². The number of aliphatic hydroxyl groups excluding tert-OH is 1. The van der Waals surface area contributed by atoms with Crippen LogP contribution in [0, 0.1) is 17.7 Å². The molecule has 1 aliphatic rings. The van der Waals surface area contributed by atoms with Gasteiger partial charge in [0.2, 0.25) is 0 Å². The van der Waals surface area contributed by atoms with Crippen LogP contribution in [0.25, 0.3) is 10.4 Å². The van der Waals surface area contributed by atoms with Gasteiger partial charge in [-0.05, 0) is 24.6 Å². The number of fused-ring (bicyclic) bond motifs is 3. The monoisotopic (exact) mass is 402 g/mol. The first-order valence-corrected chi connectivity index (χ1v) is 9.47. The van der Waals surface area contributed by atoms with Gasteiger partial charge in [0.25, 0.3) is 11.8 Å². The molecule has 8 heteroatoms. The van der Waals surface area contributed by atoms with Crippen LogP contribution in [0.1, 0.15) is 27.7 Å². The first-order valence-electron chi connectivity index (χ1n) is 8.65. The van der Waals surface area contributed by atoms with Crippen LogP contribution in [0.3, 0.4) is 0 Å². The van der Waals surface area contributed by atoms with Crippen LogP contribution in [-0.4, -0.2) is 48.1 Å². The summed E-state index contributed by atoms with van der Waals surface area (Å²) in [5.41, 5.74) is 6.89. The Bertz CT molecular complexity index is 1010. The minimum absolute atomic E-state index is 0.0234. The van der Waals surface area contributed by atoms with Gasteiger partial charge in [-0.1, -0.05) is 11.8 Å². The molecule has 0 saturated heterocycles. The molecule has 0 fully saturated rings. The lowest BCUT2D eigenvalue weighted by Crippen LogP contribution is -2.35. The smallest absolute Gasteiger partial charge is 0.263 e. The van der Waals surface area contributed by atoms with Gasteiger partial charge in [-0.2, -0.15) is 0 Å². The van der Waals surface area contributed by atoms with Crippen LogP contribution in [0.5, 0.6) is 5.75 Å². The molecule has 2 amide bonds. The lowest BCUT2D eigenvalue weighted by molar-refractivity contribution is -0.135. The first-order chi connectivity index (χ1) is 13.3. The lowest BCUT2D eigenvalue weighted by atomic mass is 10.0. The van der Waals surface area contributed by atoms with Crippen LogP contribution < -0.4 is 10.5 Å². The number of carbonyl (C=O) groups excluding carboxylic acids is 2. The van der Waals surface area contributed by atoms with Gasteiger partial charge >= 0.3 is 0 Å². The summed E-state index contributed by atoms with van der Waals surface area (Å²) >= 11 is 1.21. The third kappa shape index (κ3) is 3.86. The van der Waals surface area contributed by atoms with Gasteiger partial charge < -0.3 is 20.5 Å². The molecule has 6 nitrogen and oxygen atoms in total. The number of nitrogens with zero attached hydrogens (tertiary/aromatic N) is 1. The second-order valence-electron chi connectivity index (χ2n) is 6.28. The van der Waals surface area contributed by atoms with E-state index in [0.29, 0.717) is 35.8 Å². The van der Waals surface area contributed by atoms with Crippen molar-refractivity contribution < 1.29 is 23.8 Å². The van der Waals surface area contributed by atoms with E-state index in [1.807, 2.05) is 0 Å². The molecule has 0 aliphatic carbocycles. The van der Waals surface area contributed by atoms with Gasteiger partial charge in [-0.3, -0.25) is 9.59 Å². The van der Waals surface area contributed by atoms with E-state index in [-0.39, 0.29) is 5.56 Å². The number of likely N-dealkylation sites (N-methyl/N-ethyl adjacent to an activating group) is 1. The van der Waals surface area contributed by atoms with E-state index in [0.717, 1.165) is 10.4 Å². The standard InChI is InChI=1S/C20H19FN2O4S/c1-3-23(2)20(26)15(24)5-4-11-8-13-16(10-14(11)21)27-7-6-12-9-17(19(22)25)28-18(12)13/h8-10,15,24H,3,6-7H2,1-2H3,(H2,22,25)/t15-/m1/s1. The molecule has 2 heterocycles. The average molecular weight is 402 g/mol. The molecule has 1 atom stereocenters. The number of thiophene rings is 1. The van der Waals surface area contributed by atoms with Gasteiger partial charge in [0, 0.05) is 36.5 Å². The number of amides is 2. The van der Waals surface area contributed by atoms with E-state index < -0.39 is 23.7 Å². The molecule has 28 heavy (non-hydrogen) atoms. The Labute approximate surface area is 165 Å². The SMILES string of the molecule is CCN(C)C(=O)[C@H](O)C#Cc1cc2c(cc1F)OCCc1cc(C(N)=O)sc1-2. The number of rotatable bonds is 3. The van der Waals surface area contributed by atoms with Gasteiger partial charge in [-0.15, -0.1) is 11.3 Å². The highest BCUT2D eigenvalue weighted by Crippen LogP contribution is 2.41. The highest BCUT2D eigenvalue weighted by atomic mass is 32.1. The van der Waals surface area contributed by atoms with Crippen molar-refractivity contribution in [3.63, 3.8) is 0 Å². The Morgan fingerprint density at radius 3 is 2.86 bits per heavy atom. The second-order valence-corrected chi connectivity index (χ2v) is 7.33. The molecule has 3 N–H and O–H groups in total. The number of ether oxygens (including phenoxy) is 1. The summed E-state index contributed by atoms with van der Waals surface area (Å²) in [6, 6.07) is 4.45. The van der Waals surface area contributed by atoms with Crippen LogP contribution in [0.4, 0.5) is 4.39 Å². The number of hydrogen-bond donors (Lipinski definition) is 2. The van der Waals surface area contributed by atoms with Crippen LogP contribution >= 0.6 is 11.3 Å². The lowest BCUT2D eigenvalue weighted by Gasteiger charge is -2.15. The fourth-order valence-electron chi connectivity index (χ4n) is 2.75. The minimum Gasteiger partial charge on any atom is -0.492 e. The average Bonchev–Trinajstić information content (AvgIpc) is 3.03. The molecule has 1 aromatic heterocycles. The van der Waals surface area contributed by atoms with Crippen LogP contribution in [0.2, 0.25) is 0 Å². The number of aliphatic hydroxyl groups is 1. The zero-order valence-corrected chi connectivity index (χ0v) is 16.2. The molecular formula is C20H19FN2O4S. The normalized spacial score (nSPS) is 13.1. The van der Waals surface area contributed by atoms with Crippen molar-refractivity contribution in [2.75, 3.05) is 20.2 Å². The third-order valence-corrected chi connectivity index (χ3v) is 5.65. The maximum Gasteiger partial charge on any atom is 0.263 e. The molecule has 146 valence electrons. The topological polar surface area (TPSA) is 92.9 Å². The van der Waals surface area contributed by atoms with Crippen molar-refractivity contribution in [3.8, 4) is 28.0 Å². The predicted molar refractivity (Wildman–Crippen MR) is 104 cm³/mol. The summed E-state index contributed by atoms with van der Waals surface area (Å²) in [6.45, 7) is 2.53. The van der Waals surface area contributed by atoms with Gasteiger partial charge in [0.1, 0.15) is 11.6 Å². The maximum atomic E-state index is 14.5. The third-order valence-electron chi connectivity index (χ3n) is 4.42. The van der Waals surface area contributed by atoms with E-state index in [1.54, 1.807) is 20.0 Å². The molecule has 0 unspecified atom stereocenters. The predicted octanol–water partition coefficient (Wildman–Crippen LogP) is 1.78. The Kier molecular flexibility index (Phi) is 5.68. The number of primary amides is 1. The van der Waals surface area contributed by atoms with E-state index >= 15 is 0 Å². The number of nitrogens with two attached hydrogens (primary N) is 1. The number of carbonyl (C=O) groups is 2. The molecule has 0 spiro atoms. The summed E-state index contributed by atoms with van der Waals surface area (Å²) < 4.78 is 20.1. The van der Waals surface area contributed by atoms with Crippen molar-refractivity contribution >= 4 is 23.2 Å². The highest BCUT2D eigenvalue weighted by molar-refractivity contribution is 7.17. The van der Waals surface area contributed by atoms with Gasteiger partial charge in [-0.25, -0.2) is 4.39 Å². The maximum absolute atomic E-state index is 14.5. The summed E-state index contributed by atoms with van der Waals surface area (Å²) in [7, 11) is 1.54. The Morgan fingerprint density at radius 1 is 1.43 bits per heavy atom. The van der Waals surface area contributed by atoms with E-state index in [4.69, 9.17) is 10.5 Å². The van der Waals surface area contributed by atoms with Crippen molar-refractivity contribution in [2.24, 2.45) is 5.73 Å². The molecule has 2 aromatic rings. The quantitative estimate of drug-likeness (QED) is 0.766. The highest BCUT2D eigenvalue weighted by Gasteiger charge is 2.22. The number of halogens is 1. The Balaban J connectivity index is 2.02. The minimum atomic E-state index is -1.54. The van der Waals surface area contributed by atoms with Crippen molar-refractivity contribution in [1.29, 1.82) is 0 Å². The summed E-state index contributed by atoms with van der Waals surface area (Å²) in [6.07, 6.45) is -0.981. The Morgan fingerprint density at radius 2 is 2.18 bits per heavy atom. The molecule has 1 aliphatic heterocycles. The molecule has 0 bridgehead atoms. The van der Waals surface area contributed by atoms with Crippen molar-refractivity contribution in [2.45, 2.75) is 19.4 Å². The van der Waals surface area contributed by atoms with E-state index in [9.17, 15) is 19.1 Å². The van der Waals surface area contributed by atoms with E-state index in [1.165, 1.54) is 28.4 Å². The fourth-order valence-corrected chi connectivity index (χ4v) is 3.84. The number of benzene rings is 1. The largest absolute Gasteiger partial charge is 0.492 e. The van der Waals surface area contributed by atoms with Crippen LogP contribution in [-0.2, 0) is 11.2 Å². The molecule has 3 rings (SSSR count). The Hall–Kier alpha value is -2.89. The van der Waals surface area contributed by atoms with Crippen molar-refractivity contribution in [1.82, 2.24) is 4.90 Å². The summed E-state index contributed by atoms with van der Waals surface area (Å²) in [5, 5.41) is 9.92. The first kappa shape index (κ1) is 19.9. The fraction of sp³-hybridized carbons (Fsp3) is 0.300. The number of hydrogen-bond acceptors (Lipinski definition) is 5. The summed E-state index contributed by atoms with van der Waals surface area (Å²) in [4.78, 5) is 25.9. The van der Waals surface area contributed by atoms with Crippen molar-refractivity contribution in [3.05, 3.63) is 40.0 Å². The molecular weight excluding hydrogens is 383 g/mol. The zero-order chi connectivity index (χ0) is 20.4. The van der Waals surface area contributed by atoms with Gasteiger partial charge in [0.05, 0.1) is 17.0 Å². The molecule has 1 aromatic carbocycles. The van der Waals surface area contributed by atoms with E-state index in [2.05, 4.69) is 11.8 Å². The van der Waals surface area contributed by atoms with Crippen LogP contribution in [0.15, 0.2) is 18.2 Å². The zero-order valence-electron chi connectivity index (χ0n) is 15.4. The summed E-state index contributed by atoms with van der Waals surface area (Å²) in [5.74, 6) is 3.58. The molecule has 0 saturated carbocycles.